The van der Waals surface area contributed by atoms with Crippen LogP contribution in [0.2, 0.25) is 0 Å². The van der Waals surface area contributed by atoms with E-state index in [9.17, 15) is 4.79 Å². The number of primary amides is 1. The summed E-state index contributed by atoms with van der Waals surface area (Å²) in [7, 11) is 0. The van der Waals surface area contributed by atoms with Crippen molar-refractivity contribution in [2.75, 3.05) is 39.5 Å². The summed E-state index contributed by atoms with van der Waals surface area (Å²) >= 11 is 0. The molecule has 2 fully saturated rings. The number of likely N-dealkylation sites (tertiary alicyclic amines) is 1. The Morgan fingerprint density at radius 2 is 1.90 bits per heavy atom. The van der Waals surface area contributed by atoms with Gasteiger partial charge >= 0.3 is 0 Å². The van der Waals surface area contributed by atoms with Crippen LogP contribution < -0.4 is 5.73 Å². The molecule has 0 bridgehead atoms. The summed E-state index contributed by atoms with van der Waals surface area (Å²) in [5, 5.41) is 0. The van der Waals surface area contributed by atoms with Gasteiger partial charge in [-0.2, -0.15) is 0 Å². The minimum atomic E-state index is -0.358. The number of carbonyl (C=O) groups is 1. The number of amides is 1. The number of nitrogens with two attached hydrogens (primary N) is 1. The molecule has 1 amide bonds. The van der Waals surface area contributed by atoms with Crippen LogP contribution in [0.1, 0.15) is 80.3 Å². The Bertz CT molecular complexity index is 818. The number of carbonyl (C=O) groups excluding carboxylic acids is 1. The van der Waals surface area contributed by atoms with Gasteiger partial charge in [-0.05, 0) is 79.4 Å². The molecule has 170 valence electrons. The van der Waals surface area contributed by atoms with Crippen molar-refractivity contribution in [3.63, 3.8) is 0 Å². The summed E-state index contributed by atoms with van der Waals surface area (Å²) < 4.78 is 12.3. The number of hydrogen-bond donors (Lipinski definition) is 1. The summed E-state index contributed by atoms with van der Waals surface area (Å²) in [6, 6.07) is 6.15. The second-order valence-electron chi connectivity index (χ2n) is 10.2. The van der Waals surface area contributed by atoms with Crippen LogP contribution in [0.5, 0.6) is 0 Å². The van der Waals surface area contributed by atoms with Crippen molar-refractivity contribution >= 4 is 11.5 Å². The third-order valence-electron chi connectivity index (χ3n) is 7.41. The molecule has 0 radical (unpaired) electrons. The van der Waals surface area contributed by atoms with Crippen LogP contribution in [0.15, 0.2) is 24.3 Å². The van der Waals surface area contributed by atoms with Gasteiger partial charge in [0.2, 0.25) is 5.91 Å². The van der Waals surface area contributed by atoms with Crippen molar-refractivity contribution in [1.29, 1.82) is 0 Å². The third kappa shape index (κ3) is 5.21. The van der Waals surface area contributed by atoms with E-state index in [4.69, 9.17) is 15.2 Å². The van der Waals surface area contributed by atoms with E-state index in [1.54, 1.807) is 0 Å². The molecule has 0 aromatic heterocycles. The molecule has 1 aromatic carbocycles. The van der Waals surface area contributed by atoms with Crippen molar-refractivity contribution in [3.8, 4) is 0 Å². The number of benzene rings is 1. The molecule has 0 spiro atoms. The minimum absolute atomic E-state index is 0.314. The van der Waals surface area contributed by atoms with Gasteiger partial charge in [0.05, 0.1) is 12.2 Å². The Morgan fingerprint density at radius 1 is 1.16 bits per heavy atom. The Labute approximate surface area is 187 Å². The van der Waals surface area contributed by atoms with Crippen LogP contribution in [-0.2, 0) is 15.1 Å². The number of allylic oxidation sites excluding steroid dienone is 2. The fourth-order valence-electron chi connectivity index (χ4n) is 5.22. The van der Waals surface area contributed by atoms with Crippen LogP contribution in [0.3, 0.4) is 0 Å². The fraction of sp³-hybridized carbons (Fsp3) is 0.654. The SMILES string of the molecule is CC1(C)CC=C(c2cc(C3(OCCN4CCCC4)CCOCC3)ccc2C(N)=O)CC1. The average molecular weight is 427 g/mol. The molecule has 2 saturated heterocycles. The van der Waals surface area contributed by atoms with E-state index in [2.05, 4.69) is 37.0 Å². The maximum atomic E-state index is 12.2. The Hall–Kier alpha value is -1.69. The maximum Gasteiger partial charge on any atom is 0.249 e. The van der Waals surface area contributed by atoms with Gasteiger partial charge in [0, 0.05) is 38.2 Å². The van der Waals surface area contributed by atoms with E-state index >= 15 is 0 Å². The summed E-state index contributed by atoms with van der Waals surface area (Å²) in [5.74, 6) is -0.358. The molecule has 1 aliphatic carbocycles. The number of rotatable bonds is 7. The topological polar surface area (TPSA) is 64.8 Å². The van der Waals surface area contributed by atoms with Crippen LogP contribution in [0, 0.1) is 5.41 Å². The predicted molar refractivity (Wildman–Crippen MR) is 124 cm³/mol. The van der Waals surface area contributed by atoms with Crippen LogP contribution in [-0.4, -0.2) is 50.3 Å². The zero-order chi connectivity index (χ0) is 21.9. The van der Waals surface area contributed by atoms with E-state index in [-0.39, 0.29) is 11.5 Å². The monoisotopic (exact) mass is 426 g/mol. The van der Waals surface area contributed by atoms with Crippen molar-refractivity contribution < 1.29 is 14.3 Å². The predicted octanol–water partition coefficient (Wildman–Crippen LogP) is 4.50. The zero-order valence-corrected chi connectivity index (χ0v) is 19.3. The van der Waals surface area contributed by atoms with E-state index in [1.807, 2.05) is 6.07 Å². The summed E-state index contributed by atoms with van der Waals surface area (Å²) in [5.41, 5.74) is 9.74. The summed E-state index contributed by atoms with van der Waals surface area (Å²) in [6.45, 7) is 10.1. The Morgan fingerprint density at radius 3 is 2.55 bits per heavy atom. The van der Waals surface area contributed by atoms with E-state index in [0.29, 0.717) is 24.2 Å². The van der Waals surface area contributed by atoms with Crippen LogP contribution >= 0.6 is 0 Å². The highest BCUT2D eigenvalue weighted by Crippen LogP contribution is 2.42. The second kappa shape index (κ2) is 9.43. The molecule has 0 saturated carbocycles. The zero-order valence-electron chi connectivity index (χ0n) is 19.3. The molecule has 0 unspecified atom stereocenters. The van der Waals surface area contributed by atoms with Gasteiger partial charge in [0.25, 0.3) is 0 Å². The largest absolute Gasteiger partial charge is 0.381 e. The molecule has 4 rings (SSSR count). The highest BCUT2D eigenvalue weighted by atomic mass is 16.5. The summed E-state index contributed by atoms with van der Waals surface area (Å²) in [6.07, 6.45) is 9.69. The van der Waals surface area contributed by atoms with Crippen molar-refractivity contribution in [2.45, 2.75) is 64.4 Å². The quantitative estimate of drug-likeness (QED) is 0.697. The second-order valence-corrected chi connectivity index (χ2v) is 10.2. The van der Waals surface area contributed by atoms with Gasteiger partial charge in [-0.25, -0.2) is 0 Å². The van der Waals surface area contributed by atoms with Gasteiger partial charge in [-0.3, -0.25) is 4.79 Å². The molecule has 5 nitrogen and oxygen atoms in total. The highest BCUT2D eigenvalue weighted by Gasteiger charge is 2.37. The molecule has 1 aromatic rings. The molecule has 31 heavy (non-hydrogen) atoms. The number of ether oxygens (including phenoxy) is 2. The van der Waals surface area contributed by atoms with E-state index < -0.39 is 0 Å². The Balaban J connectivity index is 1.62. The van der Waals surface area contributed by atoms with Gasteiger partial charge in [0.1, 0.15) is 0 Å². The first kappa shape index (κ1) is 22.5. The van der Waals surface area contributed by atoms with Gasteiger partial charge in [0.15, 0.2) is 0 Å². The molecule has 2 N–H and O–H groups in total. The lowest BCUT2D eigenvalue weighted by molar-refractivity contribution is -0.119. The molecular formula is C26H38N2O3. The first-order valence-corrected chi connectivity index (χ1v) is 12.0. The fourth-order valence-corrected chi connectivity index (χ4v) is 5.22. The molecule has 0 atom stereocenters. The summed E-state index contributed by atoms with van der Waals surface area (Å²) in [4.78, 5) is 14.7. The molecule has 2 aliphatic heterocycles. The molecule has 2 heterocycles. The molecule has 5 heteroatoms. The lowest BCUT2D eigenvalue weighted by Gasteiger charge is -2.39. The Kier molecular flexibility index (Phi) is 6.85. The highest BCUT2D eigenvalue weighted by molar-refractivity contribution is 5.98. The maximum absolute atomic E-state index is 12.2. The smallest absolute Gasteiger partial charge is 0.249 e. The van der Waals surface area contributed by atoms with E-state index in [1.165, 1.54) is 31.5 Å². The lowest BCUT2D eigenvalue weighted by Crippen LogP contribution is -2.39. The van der Waals surface area contributed by atoms with Crippen LogP contribution in [0.4, 0.5) is 0 Å². The lowest BCUT2D eigenvalue weighted by atomic mass is 9.75. The molecule has 3 aliphatic rings. The van der Waals surface area contributed by atoms with Crippen molar-refractivity contribution in [2.24, 2.45) is 11.1 Å². The average Bonchev–Trinajstić information content (AvgIpc) is 3.27. The first-order chi connectivity index (χ1) is 14.9. The van der Waals surface area contributed by atoms with Crippen LogP contribution in [0.25, 0.3) is 5.57 Å². The van der Waals surface area contributed by atoms with Gasteiger partial charge in [-0.1, -0.05) is 26.0 Å². The molecular weight excluding hydrogens is 388 g/mol. The standard InChI is InChI=1S/C26H38N2O3/c1-25(2)9-7-20(8-10-25)23-19-21(5-6-22(23)24(27)29)26(11-16-30-17-12-26)31-18-15-28-13-3-4-14-28/h5-7,19H,3-4,8-18H2,1-2H3,(H2,27,29). The first-order valence-electron chi connectivity index (χ1n) is 12.0. The van der Waals surface area contributed by atoms with Gasteiger partial charge < -0.3 is 20.1 Å². The third-order valence-corrected chi connectivity index (χ3v) is 7.41. The number of nitrogens with zero attached hydrogens (tertiary/aromatic N) is 1. The number of hydrogen-bond acceptors (Lipinski definition) is 4. The van der Waals surface area contributed by atoms with Gasteiger partial charge in [-0.15, -0.1) is 0 Å². The van der Waals surface area contributed by atoms with Crippen molar-refractivity contribution in [1.82, 2.24) is 4.90 Å². The minimum Gasteiger partial charge on any atom is -0.381 e. The normalized spacial score (nSPS) is 23.5. The van der Waals surface area contributed by atoms with E-state index in [0.717, 1.165) is 56.4 Å². The van der Waals surface area contributed by atoms with Crippen molar-refractivity contribution in [3.05, 3.63) is 41.0 Å².